The molecule has 102 valence electrons. The Hall–Kier alpha value is 0.270. The van der Waals surface area contributed by atoms with Crippen molar-refractivity contribution in [3.63, 3.8) is 0 Å². The van der Waals surface area contributed by atoms with Crippen molar-refractivity contribution in [2.45, 2.75) is 63.2 Å². The topological polar surface area (TPSA) is 24.1 Å². The number of rotatable bonds is 6. The lowest BCUT2D eigenvalue weighted by molar-refractivity contribution is 0.371. The molecular formula is C14H30N2S. The molecule has 0 saturated heterocycles. The van der Waals surface area contributed by atoms with Crippen LogP contribution in [0.15, 0.2) is 0 Å². The van der Waals surface area contributed by atoms with Crippen molar-refractivity contribution in [2.75, 3.05) is 25.9 Å². The van der Waals surface area contributed by atoms with E-state index in [0.29, 0.717) is 4.75 Å². The number of thioether (sulfide) groups is 1. The summed E-state index contributed by atoms with van der Waals surface area (Å²) >= 11 is 2.07. The zero-order valence-electron chi connectivity index (χ0n) is 12.1. The van der Waals surface area contributed by atoms with E-state index in [2.05, 4.69) is 49.4 Å². The van der Waals surface area contributed by atoms with Crippen LogP contribution in [0.25, 0.3) is 0 Å². The first-order valence-corrected chi connectivity index (χ1v) is 8.21. The zero-order valence-corrected chi connectivity index (χ0v) is 12.9. The van der Waals surface area contributed by atoms with Gasteiger partial charge in [0, 0.05) is 29.9 Å². The first kappa shape index (κ1) is 15.3. The summed E-state index contributed by atoms with van der Waals surface area (Å²) in [5.41, 5.74) is 0.240. The van der Waals surface area contributed by atoms with Crippen molar-refractivity contribution in [1.29, 1.82) is 0 Å². The van der Waals surface area contributed by atoms with E-state index < -0.39 is 0 Å². The van der Waals surface area contributed by atoms with Crippen LogP contribution in [0.4, 0.5) is 0 Å². The molecule has 17 heavy (non-hydrogen) atoms. The van der Waals surface area contributed by atoms with E-state index in [9.17, 15) is 0 Å². The van der Waals surface area contributed by atoms with E-state index in [1.807, 2.05) is 0 Å². The lowest BCUT2D eigenvalue weighted by atomic mass is 9.88. The molecule has 1 aliphatic carbocycles. The van der Waals surface area contributed by atoms with E-state index in [0.717, 1.165) is 13.1 Å². The molecule has 1 fully saturated rings. The Morgan fingerprint density at radius 2 is 1.71 bits per heavy atom. The monoisotopic (exact) mass is 258 g/mol. The highest BCUT2D eigenvalue weighted by molar-refractivity contribution is 8.00. The van der Waals surface area contributed by atoms with Gasteiger partial charge in [0.05, 0.1) is 0 Å². The third-order valence-corrected chi connectivity index (χ3v) is 5.02. The van der Waals surface area contributed by atoms with E-state index >= 15 is 0 Å². The van der Waals surface area contributed by atoms with Crippen molar-refractivity contribution in [3.05, 3.63) is 0 Å². The third kappa shape index (κ3) is 6.12. The Labute approximate surface area is 112 Å². The first-order valence-electron chi connectivity index (χ1n) is 6.98. The quantitative estimate of drug-likeness (QED) is 0.716. The average molecular weight is 258 g/mol. The van der Waals surface area contributed by atoms with E-state index in [-0.39, 0.29) is 5.54 Å². The molecule has 0 spiro atoms. The molecule has 0 aromatic rings. The minimum Gasteiger partial charge on any atom is -0.314 e. The van der Waals surface area contributed by atoms with Gasteiger partial charge in [0.15, 0.2) is 0 Å². The predicted molar refractivity (Wildman–Crippen MR) is 80.0 cm³/mol. The second-order valence-corrected chi connectivity index (χ2v) is 7.58. The van der Waals surface area contributed by atoms with Gasteiger partial charge in [-0.3, -0.25) is 0 Å². The van der Waals surface area contributed by atoms with Crippen molar-refractivity contribution in [1.82, 2.24) is 10.6 Å². The first-order chi connectivity index (χ1) is 7.97. The standard InChI is InChI=1S/C14H30N2S/c1-13(2,3)16-11-10-15-12-14(17-4)8-6-5-7-9-14/h15-16H,5-12H2,1-4H3. The van der Waals surface area contributed by atoms with Crippen LogP contribution in [0, 0.1) is 0 Å². The van der Waals surface area contributed by atoms with Crippen molar-refractivity contribution < 1.29 is 0 Å². The molecule has 2 N–H and O–H groups in total. The summed E-state index contributed by atoms with van der Waals surface area (Å²) in [6.45, 7) is 9.99. The lowest BCUT2D eigenvalue weighted by Crippen LogP contribution is -2.44. The number of hydrogen-bond acceptors (Lipinski definition) is 3. The molecular weight excluding hydrogens is 228 g/mol. The molecule has 0 unspecified atom stereocenters. The largest absolute Gasteiger partial charge is 0.314 e. The number of hydrogen-bond donors (Lipinski definition) is 2. The molecule has 1 aliphatic rings. The minimum atomic E-state index is 0.240. The van der Waals surface area contributed by atoms with Crippen LogP contribution in [-0.4, -0.2) is 36.2 Å². The predicted octanol–water partition coefficient (Wildman–Crippen LogP) is 3.03. The van der Waals surface area contributed by atoms with Gasteiger partial charge in [-0.05, 0) is 39.9 Å². The van der Waals surface area contributed by atoms with Gasteiger partial charge in [-0.1, -0.05) is 19.3 Å². The van der Waals surface area contributed by atoms with E-state index in [1.165, 1.54) is 38.6 Å². The van der Waals surface area contributed by atoms with E-state index in [4.69, 9.17) is 0 Å². The van der Waals surface area contributed by atoms with Crippen LogP contribution in [-0.2, 0) is 0 Å². The van der Waals surface area contributed by atoms with Crippen LogP contribution in [0.3, 0.4) is 0 Å². The molecule has 0 aliphatic heterocycles. The van der Waals surface area contributed by atoms with Crippen LogP contribution in [0.5, 0.6) is 0 Å². The molecule has 2 nitrogen and oxygen atoms in total. The Morgan fingerprint density at radius 3 is 2.24 bits per heavy atom. The second kappa shape index (κ2) is 7.01. The Balaban J connectivity index is 2.15. The molecule has 0 atom stereocenters. The fourth-order valence-corrected chi connectivity index (χ4v) is 3.43. The summed E-state index contributed by atoms with van der Waals surface area (Å²) in [7, 11) is 0. The van der Waals surface area contributed by atoms with Crippen LogP contribution in [0.2, 0.25) is 0 Å². The molecule has 1 rings (SSSR count). The summed E-state index contributed by atoms with van der Waals surface area (Å²) < 4.78 is 0.528. The maximum atomic E-state index is 3.64. The van der Waals surface area contributed by atoms with Crippen molar-refractivity contribution in [2.24, 2.45) is 0 Å². The average Bonchev–Trinajstić information content (AvgIpc) is 2.28. The van der Waals surface area contributed by atoms with Gasteiger partial charge >= 0.3 is 0 Å². The van der Waals surface area contributed by atoms with Gasteiger partial charge in [-0.2, -0.15) is 11.8 Å². The van der Waals surface area contributed by atoms with Crippen molar-refractivity contribution in [3.8, 4) is 0 Å². The van der Waals surface area contributed by atoms with Crippen LogP contribution in [0.1, 0.15) is 52.9 Å². The molecule has 0 amide bonds. The van der Waals surface area contributed by atoms with Crippen molar-refractivity contribution >= 4 is 11.8 Å². The SMILES string of the molecule is CSC1(CNCCNC(C)(C)C)CCCCC1. The van der Waals surface area contributed by atoms with Gasteiger partial charge in [-0.15, -0.1) is 0 Å². The Morgan fingerprint density at radius 1 is 1.06 bits per heavy atom. The Bertz CT molecular complexity index is 205. The second-order valence-electron chi connectivity index (χ2n) is 6.30. The minimum absolute atomic E-state index is 0.240. The van der Waals surface area contributed by atoms with Gasteiger partial charge in [-0.25, -0.2) is 0 Å². The van der Waals surface area contributed by atoms with Gasteiger partial charge in [0.1, 0.15) is 0 Å². The fraction of sp³-hybridized carbons (Fsp3) is 1.00. The van der Waals surface area contributed by atoms with Crippen LogP contribution >= 0.6 is 11.8 Å². The maximum absolute atomic E-state index is 3.64. The molecule has 0 aromatic heterocycles. The van der Waals surface area contributed by atoms with Gasteiger partial charge < -0.3 is 10.6 Å². The molecule has 0 radical (unpaired) electrons. The normalized spacial score (nSPS) is 20.5. The third-order valence-electron chi connectivity index (χ3n) is 3.60. The smallest absolute Gasteiger partial charge is 0.0281 e. The van der Waals surface area contributed by atoms with Gasteiger partial charge in [0.25, 0.3) is 0 Å². The highest BCUT2D eigenvalue weighted by Gasteiger charge is 2.30. The highest BCUT2D eigenvalue weighted by atomic mass is 32.2. The molecule has 1 saturated carbocycles. The summed E-state index contributed by atoms with van der Waals surface area (Å²) in [5, 5.41) is 7.16. The number of nitrogens with one attached hydrogen (secondary N) is 2. The molecule has 3 heteroatoms. The summed E-state index contributed by atoms with van der Waals surface area (Å²) in [6.07, 6.45) is 9.35. The van der Waals surface area contributed by atoms with Gasteiger partial charge in [0.2, 0.25) is 0 Å². The van der Waals surface area contributed by atoms with Crippen LogP contribution < -0.4 is 10.6 Å². The molecule has 0 heterocycles. The lowest BCUT2D eigenvalue weighted by Gasteiger charge is -2.36. The molecule has 0 bridgehead atoms. The summed E-state index contributed by atoms with van der Waals surface area (Å²) in [6, 6.07) is 0. The highest BCUT2D eigenvalue weighted by Crippen LogP contribution is 2.37. The summed E-state index contributed by atoms with van der Waals surface area (Å²) in [5.74, 6) is 0. The maximum Gasteiger partial charge on any atom is 0.0281 e. The molecule has 0 aromatic carbocycles. The summed E-state index contributed by atoms with van der Waals surface area (Å²) in [4.78, 5) is 0. The van der Waals surface area contributed by atoms with E-state index in [1.54, 1.807) is 0 Å². The zero-order chi connectivity index (χ0) is 12.8. The Kier molecular flexibility index (Phi) is 6.32. The fourth-order valence-electron chi connectivity index (χ4n) is 2.49.